The molecule has 13 heavy (non-hydrogen) atoms. The molecule has 0 fully saturated rings. The van der Waals surface area contributed by atoms with Crippen molar-refractivity contribution >= 4 is 0 Å². The fourth-order valence-corrected chi connectivity index (χ4v) is 0.933. The summed E-state index contributed by atoms with van der Waals surface area (Å²) in [7, 11) is 0. The molecule has 0 aliphatic heterocycles. The minimum absolute atomic E-state index is 0.204. The molecule has 0 spiro atoms. The van der Waals surface area contributed by atoms with Gasteiger partial charge in [0.25, 0.3) is 0 Å². The lowest BCUT2D eigenvalue weighted by Crippen LogP contribution is -1.85. The second kappa shape index (κ2) is 5.34. The maximum Gasteiger partial charge on any atom is 0.113 e. The van der Waals surface area contributed by atoms with Gasteiger partial charge >= 0.3 is 0 Å². The number of aliphatic hydroxyl groups excluding tert-OH is 1. The predicted octanol–water partition coefficient (Wildman–Crippen LogP) is 1.51. The number of hydrogen-bond acceptors (Lipinski definition) is 2. The molecule has 0 unspecified atom stereocenters. The first-order chi connectivity index (χ1) is 6.33. The van der Waals surface area contributed by atoms with Crippen molar-refractivity contribution in [2.24, 2.45) is 0 Å². The normalized spacial score (nSPS) is 9.08. The number of rotatable bonds is 2. The van der Waals surface area contributed by atoms with Gasteiger partial charge in [0.2, 0.25) is 0 Å². The van der Waals surface area contributed by atoms with Crippen LogP contribution < -0.4 is 0 Å². The topological polar surface area (TPSA) is 33.1 Å². The molecule has 1 heterocycles. The Bertz CT molecular complexity index is 322. The van der Waals surface area contributed by atoms with E-state index in [4.69, 9.17) is 5.11 Å². The van der Waals surface area contributed by atoms with Crippen molar-refractivity contribution in [2.75, 3.05) is 6.61 Å². The summed E-state index contributed by atoms with van der Waals surface area (Å²) in [6.07, 6.45) is 1.46. The molecule has 0 aliphatic rings. The van der Waals surface area contributed by atoms with E-state index in [1.807, 2.05) is 25.1 Å². The maximum absolute atomic E-state index is 8.52. The van der Waals surface area contributed by atoms with Crippen LogP contribution in [-0.2, 0) is 0 Å². The van der Waals surface area contributed by atoms with E-state index in [-0.39, 0.29) is 6.61 Å². The lowest BCUT2D eigenvalue weighted by molar-refractivity contribution is 0.290. The molecule has 68 valence electrons. The Hall–Kier alpha value is -1.33. The summed E-state index contributed by atoms with van der Waals surface area (Å²) < 4.78 is 0. The fourth-order valence-electron chi connectivity index (χ4n) is 0.933. The van der Waals surface area contributed by atoms with Gasteiger partial charge in [-0.25, -0.2) is 4.98 Å². The summed E-state index contributed by atoms with van der Waals surface area (Å²) in [6.45, 7) is 2.15. The molecule has 1 aromatic heterocycles. The van der Waals surface area contributed by atoms with Crippen LogP contribution in [-0.4, -0.2) is 16.7 Å². The number of aliphatic hydroxyl groups is 1. The van der Waals surface area contributed by atoms with E-state index in [9.17, 15) is 0 Å². The molecule has 0 bridgehead atoms. The fraction of sp³-hybridized carbons (Fsp3) is 0.364. The van der Waals surface area contributed by atoms with Gasteiger partial charge in [0.05, 0.1) is 0 Å². The minimum atomic E-state index is 0.204. The van der Waals surface area contributed by atoms with Crippen molar-refractivity contribution in [3.63, 3.8) is 0 Å². The molecule has 0 radical (unpaired) electrons. The van der Waals surface area contributed by atoms with Gasteiger partial charge in [0.1, 0.15) is 5.69 Å². The highest BCUT2D eigenvalue weighted by Crippen LogP contribution is 1.96. The van der Waals surface area contributed by atoms with Crippen molar-refractivity contribution in [3.8, 4) is 11.8 Å². The Morgan fingerprint density at radius 1 is 1.46 bits per heavy atom. The summed E-state index contributed by atoms with van der Waals surface area (Å²) in [5.74, 6) is 5.91. The van der Waals surface area contributed by atoms with Gasteiger partial charge in [-0.3, -0.25) is 0 Å². The van der Waals surface area contributed by atoms with E-state index in [0.717, 1.165) is 24.2 Å². The van der Waals surface area contributed by atoms with Gasteiger partial charge in [-0.05, 0) is 31.4 Å². The zero-order valence-corrected chi connectivity index (χ0v) is 7.75. The van der Waals surface area contributed by atoms with Crippen LogP contribution in [0.1, 0.15) is 24.2 Å². The Balaban J connectivity index is 2.56. The van der Waals surface area contributed by atoms with Gasteiger partial charge in [-0.1, -0.05) is 12.0 Å². The molecule has 0 amide bonds. The van der Waals surface area contributed by atoms with Crippen molar-refractivity contribution < 1.29 is 5.11 Å². The zero-order chi connectivity index (χ0) is 9.52. The highest BCUT2D eigenvalue weighted by atomic mass is 16.2. The first kappa shape index (κ1) is 9.76. The van der Waals surface area contributed by atoms with Gasteiger partial charge < -0.3 is 5.11 Å². The van der Waals surface area contributed by atoms with E-state index in [1.165, 1.54) is 0 Å². The molecule has 1 N–H and O–H groups in total. The lowest BCUT2D eigenvalue weighted by atomic mass is 10.3. The number of hydrogen-bond donors (Lipinski definition) is 1. The lowest BCUT2D eigenvalue weighted by Gasteiger charge is -1.91. The molecule has 0 aromatic carbocycles. The van der Waals surface area contributed by atoms with Gasteiger partial charge in [0, 0.05) is 18.7 Å². The van der Waals surface area contributed by atoms with Gasteiger partial charge in [0.15, 0.2) is 0 Å². The summed E-state index contributed by atoms with van der Waals surface area (Å²) in [5, 5.41) is 8.52. The second-order valence-corrected chi connectivity index (χ2v) is 2.79. The molecule has 0 saturated heterocycles. The maximum atomic E-state index is 8.52. The third kappa shape index (κ3) is 3.73. The number of aromatic nitrogens is 1. The van der Waals surface area contributed by atoms with Crippen LogP contribution >= 0.6 is 0 Å². The third-order valence-electron chi connectivity index (χ3n) is 1.56. The molecule has 1 aromatic rings. The molecule has 0 aliphatic carbocycles. The van der Waals surface area contributed by atoms with Crippen molar-refractivity contribution in [2.45, 2.75) is 19.8 Å². The van der Waals surface area contributed by atoms with Crippen LogP contribution in [0.5, 0.6) is 0 Å². The summed E-state index contributed by atoms with van der Waals surface area (Å²) >= 11 is 0. The molecule has 2 heteroatoms. The SMILES string of the molecule is Cc1cccc(C#CCCCO)n1. The molecular weight excluding hydrogens is 162 g/mol. The standard InChI is InChI=1S/C11H13NO/c1-10-6-5-8-11(12-10)7-3-2-4-9-13/h5-6,8,13H,2,4,9H2,1H3. The van der Waals surface area contributed by atoms with Crippen LogP contribution in [0.15, 0.2) is 18.2 Å². The Kier molecular flexibility index (Phi) is 4.01. The first-order valence-electron chi connectivity index (χ1n) is 4.36. The highest BCUT2D eigenvalue weighted by Gasteiger charge is 1.87. The molecular formula is C11H13NO. The van der Waals surface area contributed by atoms with Gasteiger partial charge in [-0.15, -0.1) is 0 Å². The molecule has 1 rings (SSSR count). The second-order valence-electron chi connectivity index (χ2n) is 2.79. The van der Waals surface area contributed by atoms with E-state index < -0.39 is 0 Å². The van der Waals surface area contributed by atoms with Crippen LogP contribution in [0.25, 0.3) is 0 Å². The van der Waals surface area contributed by atoms with E-state index in [2.05, 4.69) is 16.8 Å². The zero-order valence-electron chi connectivity index (χ0n) is 7.75. The quantitative estimate of drug-likeness (QED) is 0.546. The number of unbranched alkanes of at least 4 members (excludes halogenated alkanes) is 1. The van der Waals surface area contributed by atoms with Crippen LogP contribution in [0.2, 0.25) is 0 Å². The van der Waals surface area contributed by atoms with Crippen molar-refractivity contribution in [3.05, 3.63) is 29.6 Å². The summed E-state index contributed by atoms with van der Waals surface area (Å²) in [6, 6.07) is 5.77. The predicted molar refractivity (Wildman–Crippen MR) is 52.2 cm³/mol. The van der Waals surface area contributed by atoms with Crippen LogP contribution in [0.3, 0.4) is 0 Å². The average molecular weight is 175 g/mol. The Morgan fingerprint density at radius 2 is 2.31 bits per heavy atom. The monoisotopic (exact) mass is 175 g/mol. The summed E-state index contributed by atoms with van der Waals surface area (Å²) in [5.41, 5.74) is 1.78. The molecule has 0 atom stereocenters. The average Bonchev–Trinajstić information content (AvgIpc) is 2.13. The van der Waals surface area contributed by atoms with Crippen LogP contribution in [0.4, 0.5) is 0 Å². The van der Waals surface area contributed by atoms with E-state index in [1.54, 1.807) is 0 Å². The Morgan fingerprint density at radius 3 is 3.00 bits per heavy atom. The third-order valence-corrected chi connectivity index (χ3v) is 1.56. The molecule has 0 saturated carbocycles. The van der Waals surface area contributed by atoms with Crippen molar-refractivity contribution in [1.82, 2.24) is 4.98 Å². The first-order valence-corrected chi connectivity index (χ1v) is 4.36. The summed E-state index contributed by atoms with van der Waals surface area (Å²) in [4.78, 5) is 4.23. The van der Waals surface area contributed by atoms with E-state index >= 15 is 0 Å². The smallest absolute Gasteiger partial charge is 0.113 e. The van der Waals surface area contributed by atoms with Crippen LogP contribution in [0, 0.1) is 18.8 Å². The van der Waals surface area contributed by atoms with E-state index in [0.29, 0.717) is 0 Å². The highest BCUT2D eigenvalue weighted by molar-refractivity contribution is 5.28. The number of pyridine rings is 1. The van der Waals surface area contributed by atoms with Crippen molar-refractivity contribution in [1.29, 1.82) is 0 Å². The van der Waals surface area contributed by atoms with Gasteiger partial charge in [-0.2, -0.15) is 0 Å². The number of aryl methyl sites for hydroxylation is 1. The molecule has 2 nitrogen and oxygen atoms in total. The number of nitrogens with zero attached hydrogens (tertiary/aromatic N) is 1. The Labute approximate surface area is 78.6 Å². The minimum Gasteiger partial charge on any atom is -0.396 e. The largest absolute Gasteiger partial charge is 0.396 e.